The van der Waals surface area contributed by atoms with Crippen molar-refractivity contribution in [2.45, 2.75) is 31.6 Å². The molecule has 0 aliphatic rings. The lowest BCUT2D eigenvalue weighted by Crippen LogP contribution is -2.33. The third kappa shape index (κ3) is 4.82. The minimum absolute atomic E-state index is 0.0544. The van der Waals surface area contributed by atoms with Crippen LogP contribution < -0.4 is 4.31 Å². The van der Waals surface area contributed by atoms with E-state index in [4.69, 9.17) is 5.11 Å². The molecular weight excluding hydrogens is 372 g/mol. The molecule has 2 aromatic rings. The summed E-state index contributed by atoms with van der Waals surface area (Å²) in [5, 5.41) is 19.8. The number of carboxylic acid groups (broad SMARTS) is 1. The molecule has 0 aliphatic heterocycles. The van der Waals surface area contributed by atoms with E-state index in [1.807, 2.05) is 6.92 Å². The zero-order valence-corrected chi connectivity index (χ0v) is 15.8. The largest absolute Gasteiger partial charge is 0.481 e. The number of nitrogens with zero attached hydrogens (tertiary/aromatic N) is 2. The van der Waals surface area contributed by atoms with Crippen molar-refractivity contribution in [2.75, 3.05) is 10.8 Å². The molecule has 0 aromatic heterocycles. The number of hydrogen-bond acceptors (Lipinski definition) is 5. The molecule has 2 rings (SSSR count). The van der Waals surface area contributed by atoms with Crippen LogP contribution in [-0.4, -0.2) is 31.0 Å². The topological polar surface area (TPSA) is 118 Å². The summed E-state index contributed by atoms with van der Waals surface area (Å²) in [6.07, 6.45) is -0.0806. The molecule has 0 radical (unpaired) electrons. The fourth-order valence-electron chi connectivity index (χ4n) is 2.61. The van der Waals surface area contributed by atoms with Gasteiger partial charge in [-0.1, -0.05) is 17.7 Å². The lowest BCUT2D eigenvalue weighted by atomic mass is 10.1. The molecule has 0 amide bonds. The molecule has 0 heterocycles. The van der Waals surface area contributed by atoms with E-state index in [0.717, 1.165) is 9.87 Å². The van der Waals surface area contributed by atoms with Gasteiger partial charge in [0.1, 0.15) is 0 Å². The average Bonchev–Trinajstić information content (AvgIpc) is 2.59. The van der Waals surface area contributed by atoms with Crippen molar-refractivity contribution in [3.8, 4) is 0 Å². The first-order valence-electron chi connectivity index (χ1n) is 8.19. The molecule has 0 aliphatic carbocycles. The molecule has 0 fully saturated rings. The molecule has 0 atom stereocenters. The number of aliphatic carboxylic acids is 1. The van der Waals surface area contributed by atoms with Gasteiger partial charge in [0, 0.05) is 25.1 Å². The van der Waals surface area contributed by atoms with Gasteiger partial charge in [0.05, 0.1) is 15.5 Å². The summed E-state index contributed by atoms with van der Waals surface area (Å²) in [4.78, 5) is 21.3. The Morgan fingerprint density at radius 2 is 1.78 bits per heavy atom. The predicted molar refractivity (Wildman–Crippen MR) is 100 cm³/mol. The molecule has 9 heteroatoms. The van der Waals surface area contributed by atoms with E-state index in [-0.39, 0.29) is 35.7 Å². The van der Waals surface area contributed by atoms with Crippen LogP contribution in [0.25, 0.3) is 0 Å². The van der Waals surface area contributed by atoms with E-state index in [9.17, 15) is 23.3 Å². The van der Waals surface area contributed by atoms with Gasteiger partial charge in [-0.3, -0.25) is 19.2 Å². The maximum Gasteiger partial charge on any atom is 0.303 e. The number of nitro groups is 1. The first-order valence-corrected chi connectivity index (χ1v) is 9.63. The molecule has 0 saturated carbocycles. The van der Waals surface area contributed by atoms with Crippen molar-refractivity contribution in [1.29, 1.82) is 0 Å². The Labute approximate surface area is 157 Å². The molecule has 2 aromatic carbocycles. The van der Waals surface area contributed by atoms with Gasteiger partial charge in [0.2, 0.25) is 0 Å². The van der Waals surface area contributed by atoms with Crippen LogP contribution in [0.1, 0.15) is 24.0 Å². The summed E-state index contributed by atoms with van der Waals surface area (Å²) in [6.45, 7) is 3.36. The monoisotopic (exact) mass is 392 g/mol. The van der Waals surface area contributed by atoms with E-state index in [1.54, 1.807) is 19.1 Å². The zero-order valence-electron chi connectivity index (χ0n) is 15.0. The van der Waals surface area contributed by atoms with Crippen molar-refractivity contribution in [2.24, 2.45) is 0 Å². The highest BCUT2D eigenvalue weighted by Crippen LogP contribution is 2.30. The Balaban J connectivity index is 2.49. The van der Waals surface area contributed by atoms with Crippen LogP contribution in [0.3, 0.4) is 0 Å². The predicted octanol–water partition coefficient (Wildman–Crippen LogP) is 3.27. The minimum Gasteiger partial charge on any atom is -0.481 e. The van der Waals surface area contributed by atoms with Gasteiger partial charge in [0.25, 0.3) is 15.7 Å². The standard InChI is InChI=1S/C18H20N2O6S/c1-13-5-8-16(9-6-13)27(25,26)19(11-3-4-18(21)22)17-10-7-15(20(23)24)12-14(17)2/h5-10,12H,3-4,11H2,1-2H3,(H,21,22). The highest BCUT2D eigenvalue weighted by molar-refractivity contribution is 7.92. The highest BCUT2D eigenvalue weighted by Gasteiger charge is 2.26. The summed E-state index contributed by atoms with van der Waals surface area (Å²) in [6, 6.07) is 10.2. The van der Waals surface area contributed by atoms with Crippen molar-refractivity contribution in [1.82, 2.24) is 0 Å². The van der Waals surface area contributed by atoms with E-state index >= 15 is 0 Å². The van der Waals surface area contributed by atoms with Crippen LogP contribution in [0, 0.1) is 24.0 Å². The van der Waals surface area contributed by atoms with Crippen LogP contribution in [-0.2, 0) is 14.8 Å². The fourth-order valence-corrected chi connectivity index (χ4v) is 4.18. The number of sulfonamides is 1. The number of carbonyl (C=O) groups is 1. The second kappa shape index (κ2) is 8.17. The highest BCUT2D eigenvalue weighted by atomic mass is 32.2. The Morgan fingerprint density at radius 3 is 2.30 bits per heavy atom. The third-order valence-electron chi connectivity index (χ3n) is 4.02. The number of non-ortho nitro benzene ring substituents is 1. The zero-order chi connectivity index (χ0) is 20.2. The smallest absolute Gasteiger partial charge is 0.303 e. The van der Waals surface area contributed by atoms with Gasteiger partial charge in [0.15, 0.2) is 0 Å². The summed E-state index contributed by atoms with van der Waals surface area (Å²) in [5.74, 6) is -1.02. The minimum atomic E-state index is -3.95. The summed E-state index contributed by atoms with van der Waals surface area (Å²) in [7, 11) is -3.95. The average molecular weight is 392 g/mol. The maximum absolute atomic E-state index is 13.1. The Morgan fingerprint density at radius 1 is 1.15 bits per heavy atom. The third-order valence-corrected chi connectivity index (χ3v) is 5.85. The van der Waals surface area contributed by atoms with Gasteiger partial charge >= 0.3 is 5.97 Å². The van der Waals surface area contributed by atoms with Crippen LogP contribution in [0.5, 0.6) is 0 Å². The number of nitro benzene ring substituents is 1. The lowest BCUT2D eigenvalue weighted by molar-refractivity contribution is -0.384. The first-order chi connectivity index (χ1) is 12.6. The number of rotatable bonds is 8. The number of aryl methyl sites for hydroxylation is 2. The molecular formula is C18H20N2O6S. The second-order valence-corrected chi connectivity index (χ2v) is 7.98. The Kier molecular flexibility index (Phi) is 6.17. The quantitative estimate of drug-likeness (QED) is 0.544. The summed E-state index contributed by atoms with van der Waals surface area (Å²) < 4.78 is 27.4. The van der Waals surface area contributed by atoms with E-state index < -0.39 is 20.9 Å². The van der Waals surface area contributed by atoms with Crippen LogP contribution in [0.2, 0.25) is 0 Å². The fraction of sp³-hybridized carbons (Fsp3) is 0.278. The van der Waals surface area contributed by atoms with Gasteiger partial charge in [-0.2, -0.15) is 0 Å². The molecule has 0 saturated heterocycles. The van der Waals surface area contributed by atoms with Crippen molar-refractivity contribution in [3.63, 3.8) is 0 Å². The maximum atomic E-state index is 13.1. The van der Waals surface area contributed by atoms with E-state index in [0.29, 0.717) is 5.56 Å². The van der Waals surface area contributed by atoms with Gasteiger partial charge in [-0.15, -0.1) is 0 Å². The molecule has 0 bridgehead atoms. The number of carboxylic acids is 1. The summed E-state index contributed by atoms with van der Waals surface area (Å²) in [5.41, 5.74) is 1.45. The van der Waals surface area contributed by atoms with Crippen LogP contribution in [0.4, 0.5) is 11.4 Å². The van der Waals surface area contributed by atoms with Crippen molar-refractivity contribution in [3.05, 3.63) is 63.7 Å². The van der Waals surface area contributed by atoms with Crippen LogP contribution in [0.15, 0.2) is 47.4 Å². The Bertz CT molecular complexity index is 954. The molecule has 1 N–H and O–H groups in total. The SMILES string of the molecule is Cc1ccc(S(=O)(=O)N(CCCC(=O)O)c2ccc([N+](=O)[O-])cc2C)cc1. The molecule has 0 spiro atoms. The number of hydrogen-bond donors (Lipinski definition) is 1. The lowest BCUT2D eigenvalue weighted by Gasteiger charge is -2.26. The van der Waals surface area contributed by atoms with E-state index in [1.165, 1.54) is 30.3 Å². The number of anilines is 1. The molecule has 27 heavy (non-hydrogen) atoms. The van der Waals surface area contributed by atoms with Gasteiger partial charge in [-0.05, 0) is 44.0 Å². The van der Waals surface area contributed by atoms with E-state index in [2.05, 4.69) is 0 Å². The second-order valence-electron chi connectivity index (χ2n) is 6.12. The molecule has 0 unspecified atom stereocenters. The first kappa shape index (κ1) is 20.4. The van der Waals surface area contributed by atoms with Gasteiger partial charge < -0.3 is 5.11 Å². The van der Waals surface area contributed by atoms with Crippen molar-refractivity contribution < 1.29 is 23.2 Å². The molecule has 144 valence electrons. The van der Waals surface area contributed by atoms with Gasteiger partial charge in [-0.25, -0.2) is 8.42 Å². The Hall–Kier alpha value is -2.94. The molecule has 8 nitrogen and oxygen atoms in total. The van der Waals surface area contributed by atoms with Crippen LogP contribution >= 0.6 is 0 Å². The number of benzene rings is 2. The summed E-state index contributed by atoms with van der Waals surface area (Å²) >= 11 is 0. The van der Waals surface area contributed by atoms with Crippen molar-refractivity contribution >= 4 is 27.4 Å². The normalized spacial score (nSPS) is 11.2.